The van der Waals surface area contributed by atoms with Gasteiger partial charge in [0.15, 0.2) is 6.29 Å². The maximum Gasteiger partial charge on any atom is 0.331 e. The third-order valence-electron chi connectivity index (χ3n) is 11.7. The average molecular weight is 507 g/mol. The molecule has 8 nitrogen and oxygen atoms in total. The molecule has 2 aliphatic heterocycles. The first kappa shape index (κ1) is 25.3. The van der Waals surface area contributed by atoms with Gasteiger partial charge in [0.25, 0.3) is 0 Å². The van der Waals surface area contributed by atoms with Crippen LogP contribution in [0.5, 0.6) is 0 Å². The first-order valence-electron chi connectivity index (χ1n) is 14.0. The molecular formula is C28H42O8. The molecule has 0 bridgehead atoms. The van der Waals surface area contributed by atoms with E-state index in [9.17, 15) is 25.2 Å². The van der Waals surface area contributed by atoms with Crippen LogP contribution in [0.25, 0.3) is 0 Å². The van der Waals surface area contributed by atoms with E-state index in [2.05, 4.69) is 13.8 Å². The van der Waals surface area contributed by atoms with Gasteiger partial charge in [-0.25, -0.2) is 4.79 Å². The highest BCUT2D eigenvalue weighted by molar-refractivity contribution is 5.85. The monoisotopic (exact) mass is 506 g/mol. The van der Waals surface area contributed by atoms with Crippen LogP contribution in [0, 0.1) is 34.5 Å². The summed E-state index contributed by atoms with van der Waals surface area (Å²) in [7, 11) is 0. The van der Waals surface area contributed by atoms with Gasteiger partial charge in [-0.2, -0.15) is 0 Å². The van der Waals surface area contributed by atoms with Crippen molar-refractivity contribution in [3.63, 3.8) is 0 Å². The molecule has 5 fully saturated rings. The molecule has 1 saturated heterocycles. The van der Waals surface area contributed by atoms with Crippen LogP contribution in [0.1, 0.15) is 71.6 Å². The molecule has 202 valence electrons. The van der Waals surface area contributed by atoms with Crippen molar-refractivity contribution in [2.24, 2.45) is 34.5 Å². The predicted octanol–water partition coefficient (Wildman–Crippen LogP) is 2.07. The van der Waals surface area contributed by atoms with Crippen LogP contribution in [0.15, 0.2) is 11.6 Å². The summed E-state index contributed by atoms with van der Waals surface area (Å²) >= 11 is 0. The van der Waals surface area contributed by atoms with Gasteiger partial charge in [-0.05, 0) is 92.4 Å². The number of hydrogen-bond acceptors (Lipinski definition) is 8. The lowest BCUT2D eigenvalue weighted by Crippen LogP contribution is -2.62. The molecule has 0 aromatic carbocycles. The van der Waals surface area contributed by atoms with Crippen molar-refractivity contribution in [2.75, 3.05) is 13.2 Å². The maximum absolute atomic E-state index is 12.3. The lowest BCUT2D eigenvalue weighted by atomic mass is 9.43. The predicted molar refractivity (Wildman–Crippen MR) is 128 cm³/mol. The highest BCUT2D eigenvalue weighted by Crippen LogP contribution is 2.70. The van der Waals surface area contributed by atoms with Gasteiger partial charge in [0.1, 0.15) is 24.9 Å². The Balaban J connectivity index is 1.16. The summed E-state index contributed by atoms with van der Waals surface area (Å²) in [6, 6.07) is 0. The van der Waals surface area contributed by atoms with Crippen LogP contribution >= 0.6 is 0 Å². The zero-order chi connectivity index (χ0) is 25.5. The lowest BCUT2D eigenvalue weighted by molar-refractivity contribution is -0.290. The van der Waals surface area contributed by atoms with Gasteiger partial charge < -0.3 is 34.6 Å². The molecule has 2 heterocycles. The first-order valence-corrected chi connectivity index (χ1v) is 14.0. The van der Waals surface area contributed by atoms with E-state index in [4.69, 9.17) is 14.2 Å². The SMILES string of the molecule is C[C@]12CC[C@H](O[C@@H]3OC[C@H](O)[C@@H](O)C3O)C[C@H]1CCC1C2CC[C@]2(C)[C@@H](C3=CC(=O)OC3)CC[C@]12O. The highest BCUT2D eigenvalue weighted by Gasteiger charge is 2.67. The Morgan fingerprint density at radius 2 is 1.78 bits per heavy atom. The van der Waals surface area contributed by atoms with Crippen LogP contribution in [-0.2, 0) is 19.0 Å². The Morgan fingerprint density at radius 1 is 0.972 bits per heavy atom. The van der Waals surface area contributed by atoms with Crippen molar-refractivity contribution < 1.29 is 39.4 Å². The zero-order valence-corrected chi connectivity index (χ0v) is 21.5. The summed E-state index contributed by atoms with van der Waals surface area (Å²) in [6.45, 7) is 5.00. The van der Waals surface area contributed by atoms with Gasteiger partial charge in [-0.3, -0.25) is 0 Å². The number of carbonyl (C=O) groups is 1. The van der Waals surface area contributed by atoms with E-state index in [1.807, 2.05) is 0 Å². The fourth-order valence-corrected chi connectivity index (χ4v) is 9.58. The lowest BCUT2D eigenvalue weighted by Gasteiger charge is -2.64. The molecule has 0 radical (unpaired) electrons. The van der Waals surface area contributed by atoms with Crippen molar-refractivity contribution in [3.05, 3.63) is 11.6 Å². The second-order valence-corrected chi connectivity index (χ2v) is 13.1. The van der Waals surface area contributed by atoms with Gasteiger partial charge in [-0.15, -0.1) is 0 Å². The number of carbonyl (C=O) groups excluding carboxylic acids is 1. The minimum atomic E-state index is -1.26. The number of ether oxygens (including phenoxy) is 3. The van der Waals surface area contributed by atoms with Gasteiger partial charge in [0, 0.05) is 11.5 Å². The quantitative estimate of drug-likeness (QED) is 0.339. The van der Waals surface area contributed by atoms with Crippen molar-refractivity contribution in [2.45, 2.75) is 108 Å². The molecule has 12 atom stereocenters. The Labute approximate surface area is 213 Å². The minimum Gasteiger partial charge on any atom is -0.458 e. The van der Waals surface area contributed by atoms with E-state index < -0.39 is 30.2 Å². The standard InChI is InChI=1S/C28H42O8/c1-26-8-5-17(36-25-24(32)23(31)21(29)14-35-25)12-16(26)3-4-20-19(26)6-9-27(2)18(7-10-28(20,27)33)15-11-22(30)34-13-15/h11,16-21,23-25,29,31-33H,3-10,12-14H2,1-2H3/t16-,17+,18-,19?,20?,21+,23-,24?,25+,26+,27-,28+/m1/s1. The molecule has 4 saturated carbocycles. The van der Waals surface area contributed by atoms with E-state index in [1.54, 1.807) is 6.08 Å². The Bertz CT molecular complexity index is 921. The van der Waals surface area contributed by atoms with Crippen molar-refractivity contribution in [1.82, 2.24) is 0 Å². The molecule has 0 aromatic rings. The first-order chi connectivity index (χ1) is 17.1. The van der Waals surface area contributed by atoms with Crippen LogP contribution in [0.2, 0.25) is 0 Å². The third-order valence-corrected chi connectivity index (χ3v) is 11.7. The topological polar surface area (TPSA) is 126 Å². The molecule has 36 heavy (non-hydrogen) atoms. The summed E-state index contributed by atoms with van der Waals surface area (Å²) < 4.78 is 16.9. The Morgan fingerprint density at radius 3 is 2.53 bits per heavy atom. The molecule has 0 spiro atoms. The average Bonchev–Trinajstić information content (AvgIpc) is 3.39. The zero-order valence-electron chi connectivity index (χ0n) is 21.5. The van der Waals surface area contributed by atoms with E-state index in [1.165, 1.54) is 0 Å². The molecule has 4 aliphatic carbocycles. The van der Waals surface area contributed by atoms with Crippen molar-refractivity contribution in [1.29, 1.82) is 0 Å². The third kappa shape index (κ3) is 3.58. The smallest absolute Gasteiger partial charge is 0.331 e. The molecular weight excluding hydrogens is 464 g/mol. The van der Waals surface area contributed by atoms with Gasteiger partial charge in [0.2, 0.25) is 0 Å². The Hall–Kier alpha value is -1.03. The van der Waals surface area contributed by atoms with Crippen LogP contribution < -0.4 is 0 Å². The largest absolute Gasteiger partial charge is 0.458 e. The van der Waals surface area contributed by atoms with Crippen LogP contribution in [-0.4, -0.2) is 75.9 Å². The number of esters is 1. The summed E-state index contributed by atoms with van der Waals surface area (Å²) in [5.74, 6) is 1.15. The number of fused-ring (bicyclic) bond motifs is 5. The molecule has 3 unspecified atom stereocenters. The number of aliphatic hydroxyl groups excluding tert-OH is 3. The minimum absolute atomic E-state index is 0.0456. The normalized spacial score (nSPS) is 54.8. The molecule has 4 N–H and O–H groups in total. The molecule has 0 amide bonds. The Kier molecular flexibility index (Phi) is 6.14. The van der Waals surface area contributed by atoms with Gasteiger partial charge >= 0.3 is 5.97 Å². The number of hydrogen-bond donors (Lipinski definition) is 4. The number of cyclic esters (lactones) is 1. The summed E-state index contributed by atoms with van der Waals surface area (Å²) in [5, 5.41) is 42.4. The number of aliphatic hydroxyl groups is 4. The number of rotatable bonds is 3. The van der Waals surface area contributed by atoms with Crippen LogP contribution in [0.4, 0.5) is 0 Å². The maximum atomic E-state index is 12.3. The van der Waals surface area contributed by atoms with Crippen molar-refractivity contribution in [3.8, 4) is 0 Å². The van der Waals surface area contributed by atoms with E-state index >= 15 is 0 Å². The second-order valence-electron chi connectivity index (χ2n) is 13.1. The van der Waals surface area contributed by atoms with Gasteiger partial charge in [-0.1, -0.05) is 13.8 Å². The molecule has 0 aromatic heterocycles. The summed E-state index contributed by atoms with van der Waals surface area (Å²) in [5.41, 5.74) is 0.257. The summed E-state index contributed by atoms with van der Waals surface area (Å²) in [4.78, 5) is 11.8. The molecule has 6 rings (SSSR count). The van der Waals surface area contributed by atoms with E-state index in [-0.39, 0.29) is 41.3 Å². The van der Waals surface area contributed by atoms with Crippen LogP contribution in [0.3, 0.4) is 0 Å². The second kappa shape index (κ2) is 8.75. The van der Waals surface area contributed by atoms with E-state index in [0.717, 1.165) is 63.4 Å². The fraction of sp³-hybridized carbons (Fsp3) is 0.893. The molecule has 6 aliphatic rings. The van der Waals surface area contributed by atoms with Crippen molar-refractivity contribution >= 4 is 5.97 Å². The van der Waals surface area contributed by atoms with Gasteiger partial charge in [0.05, 0.1) is 18.3 Å². The highest BCUT2D eigenvalue weighted by atomic mass is 16.7. The van der Waals surface area contributed by atoms with E-state index in [0.29, 0.717) is 18.4 Å². The fourth-order valence-electron chi connectivity index (χ4n) is 9.58. The summed E-state index contributed by atoms with van der Waals surface area (Å²) in [6.07, 6.45) is 5.63. The molecule has 8 heteroatoms.